The van der Waals surface area contributed by atoms with Crippen LogP contribution in [0.25, 0.3) is 0 Å². The highest BCUT2D eigenvalue weighted by Gasteiger charge is 2.35. The molecule has 27 nitrogen and oxygen atoms in total. The van der Waals surface area contributed by atoms with E-state index in [0.717, 1.165) is 6.54 Å². The predicted octanol–water partition coefficient (Wildman–Crippen LogP) is -6.15. The van der Waals surface area contributed by atoms with E-state index in [1.54, 1.807) is 13.8 Å². The normalized spacial score (nSPS) is 14.9. The maximum atomic E-state index is 14.4. The van der Waals surface area contributed by atoms with Crippen molar-refractivity contribution in [1.82, 2.24) is 57.8 Å². The molecule has 0 fully saturated rings. The van der Waals surface area contributed by atoms with Crippen LogP contribution in [-0.4, -0.2) is 169 Å². The molecule has 0 aliphatic rings. The number of aromatic nitrogens is 2. The van der Waals surface area contributed by atoms with E-state index >= 15 is 0 Å². The Kier molecular flexibility index (Phi) is 30.4. The number of rotatable bonds is 38. The van der Waals surface area contributed by atoms with Crippen LogP contribution < -0.4 is 88.0 Å². The molecular formula is C44H91N19O8+2. The van der Waals surface area contributed by atoms with Crippen LogP contribution in [0.1, 0.15) is 97.6 Å². The van der Waals surface area contributed by atoms with E-state index in [4.69, 9.17) is 34.4 Å². The summed E-state index contributed by atoms with van der Waals surface area (Å²) < 4.78 is 0.650. The molecule has 27 heteroatoms. The number of aliphatic carboxylic acids is 1. The summed E-state index contributed by atoms with van der Waals surface area (Å²) in [5.41, 5.74) is 38.0. The monoisotopic (exact) mass is 1010 g/mol. The average molecular weight is 1010 g/mol. The highest BCUT2D eigenvalue weighted by atomic mass is 16.4. The van der Waals surface area contributed by atoms with Gasteiger partial charge >= 0.3 is 5.97 Å². The lowest BCUT2D eigenvalue weighted by molar-refractivity contribution is -0.870. The minimum absolute atomic E-state index is 0.00979. The molecule has 1 aromatic heterocycles. The molecule has 1 rings (SSSR count). The Hall–Kier alpha value is -4.94. The zero-order valence-electron chi connectivity index (χ0n) is 43.1. The zero-order chi connectivity index (χ0) is 53.8. The van der Waals surface area contributed by atoms with Crippen molar-refractivity contribution >= 4 is 41.4 Å². The van der Waals surface area contributed by atoms with Gasteiger partial charge in [0.2, 0.25) is 29.5 Å². The Bertz CT molecular complexity index is 1750. The van der Waals surface area contributed by atoms with Crippen molar-refractivity contribution in [1.29, 1.82) is 0 Å². The first-order valence-corrected chi connectivity index (χ1v) is 24.6. The molecule has 71 heavy (non-hydrogen) atoms. The van der Waals surface area contributed by atoms with Crippen LogP contribution in [0.5, 0.6) is 0 Å². The fourth-order valence-electron chi connectivity index (χ4n) is 7.31. The third kappa shape index (κ3) is 28.6. The van der Waals surface area contributed by atoms with Gasteiger partial charge in [0.15, 0.2) is 6.04 Å². The van der Waals surface area contributed by atoms with Crippen molar-refractivity contribution in [3.8, 4) is 0 Å². The fraction of sp³-hybridized carbons (Fsp3) is 0.773. The highest BCUT2D eigenvalue weighted by Crippen LogP contribution is 2.12. The number of unbranched alkanes of at least 4 members (excludes halogenated alkanes) is 1. The lowest BCUT2D eigenvalue weighted by Crippen LogP contribution is -2.69. The Morgan fingerprint density at radius 3 is 1.49 bits per heavy atom. The van der Waals surface area contributed by atoms with Gasteiger partial charge in [-0.05, 0) is 89.3 Å². The van der Waals surface area contributed by atoms with Crippen LogP contribution in [-0.2, 0) is 40.0 Å². The number of carboxylic acid groups (broad SMARTS) is 1. The lowest BCUT2D eigenvalue weighted by atomic mass is 9.98. The second-order valence-electron chi connectivity index (χ2n) is 19.9. The van der Waals surface area contributed by atoms with Crippen LogP contribution in [0.2, 0.25) is 0 Å². The molecule has 0 bridgehead atoms. The van der Waals surface area contributed by atoms with Gasteiger partial charge in [0.1, 0.15) is 55.1 Å². The van der Waals surface area contributed by atoms with E-state index in [2.05, 4.69) is 63.6 Å². The van der Waals surface area contributed by atoms with E-state index in [-0.39, 0.29) is 44.6 Å². The summed E-state index contributed by atoms with van der Waals surface area (Å²) in [5.74, 6) is -5.88. The second kappa shape index (κ2) is 33.7. The molecule has 0 aromatic carbocycles. The molecule has 0 radical (unpaired) electrons. The van der Waals surface area contributed by atoms with Crippen molar-refractivity contribution in [2.45, 2.75) is 159 Å². The highest BCUT2D eigenvalue weighted by molar-refractivity contribution is 5.97. The number of H-pyrrole nitrogens is 1. The van der Waals surface area contributed by atoms with Crippen LogP contribution in [0.15, 0.2) is 12.5 Å². The number of carbonyl (C=O) groups is 7. The molecule has 0 aliphatic heterocycles. The zero-order valence-corrected chi connectivity index (χ0v) is 43.1. The van der Waals surface area contributed by atoms with Crippen molar-refractivity contribution in [3.05, 3.63) is 18.2 Å². The molecular weight excluding hydrogens is 923 g/mol. The molecule has 6 amide bonds. The minimum Gasteiger partial charge on any atom is -0.480 e. The largest absolute Gasteiger partial charge is 0.480 e. The summed E-state index contributed by atoms with van der Waals surface area (Å²) in [6, 6.07) is -7.96. The molecule has 0 unspecified atom stereocenters. The topological polar surface area (TPSA) is 460 Å². The minimum atomic E-state index is -1.27. The average Bonchev–Trinajstić information content (AvgIpc) is 3.78. The summed E-state index contributed by atoms with van der Waals surface area (Å²) in [4.78, 5) is 103. The first-order valence-electron chi connectivity index (χ1n) is 24.6. The Morgan fingerprint density at radius 2 is 1.03 bits per heavy atom. The SMILES string of the molecule is CC(C)C[C@H](NC(=O)[C@@H](NC(=O)[C@@H](CCCC[N+](C)(C)C)NC(=O)[C@H](CCCNC(N)N)NC(=O)[C@H](Cc1cnc[nH]1)NC(=O)[C@@H]([NH3+])CCCNC(N)N)C(C)C)C(=O)N[C@@H](CCCNC(N)N)C(=O)O. The molecule has 408 valence electrons. The molecule has 0 saturated carbocycles. The third-order valence-electron chi connectivity index (χ3n) is 11.2. The molecule has 26 N–H and O–H groups in total. The van der Waals surface area contributed by atoms with Gasteiger partial charge in [-0.1, -0.05) is 27.7 Å². The van der Waals surface area contributed by atoms with Crippen molar-refractivity contribution in [2.75, 3.05) is 47.3 Å². The van der Waals surface area contributed by atoms with E-state index in [9.17, 15) is 38.7 Å². The van der Waals surface area contributed by atoms with Gasteiger partial charge in [-0.15, -0.1) is 0 Å². The number of quaternary nitrogens is 2. The number of imidazole rings is 1. The molecule has 7 atom stereocenters. The predicted molar refractivity (Wildman–Crippen MR) is 267 cm³/mol. The molecule has 1 heterocycles. The van der Waals surface area contributed by atoms with Gasteiger partial charge in [-0.25, -0.2) is 9.78 Å². The standard InChI is InChI=1S/C44H89N19O8/c1-25(2)21-32(38(67)59-31(41(70)71)16-12-19-55-44(50)51)61-40(69)34(26(3)4)62-37(66)29(14-8-9-20-63(5,6)7)57-36(65)30(15-11-18-54-43(48)49)58-39(68)33(22-27-23-52-24-56-27)60-35(64)28(45)13-10-17-53-42(46)47/h23-26,28-34,42-44,53-55H,8-22,45-51H2,1-7H3,(H7-,52,56,57,58,59,60,61,62,64,65,66,67,68,69,70,71)/p+2/t28-,29+,30-,31-,32-,33-,34-/m0/s1. The number of carboxylic acids is 1. The molecule has 0 spiro atoms. The van der Waals surface area contributed by atoms with Gasteiger partial charge in [-0.2, -0.15) is 0 Å². The van der Waals surface area contributed by atoms with Crippen molar-refractivity contribution < 1.29 is 48.9 Å². The first-order chi connectivity index (χ1) is 33.2. The summed E-state index contributed by atoms with van der Waals surface area (Å²) in [7, 11) is 6.08. The number of hydrogen-bond acceptors (Lipinski definition) is 17. The summed E-state index contributed by atoms with van der Waals surface area (Å²) in [5, 5.41) is 34.8. The summed E-state index contributed by atoms with van der Waals surface area (Å²) in [6.45, 7) is 8.86. The molecule has 1 aromatic rings. The third-order valence-corrected chi connectivity index (χ3v) is 11.2. The van der Waals surface area contributed by atoms with Crippen molar-refractivity contribution in [3.63, 3.8) is 0 Å². The Morgan fingerprint density at radius 1 is 0.592 bits per heavy atom. The molecule has 0 saturated heterocycles. The number of aromatic amines is 1. The van der Waals surface area contributed by atoms with E-state index in [0.29, 0.717) is 61.8 Å². The maximum Gasteiger partial charge on any atom is 0.326 e. The summed E-state index contributed by atoms with van der Waals surface area (Å²) in [6.07, 6.45) is 3.69. The second-order valence-corrected chi connectivity index (χ2v) is 19.9. The van der Waals surface area contributed by atoms with Gasteiger partial charge in [0.05, 0.1) is 34.0 Å². The van der Waals surface area contributed by atoms with Gasteiger partial charge in [0, 0.05) is 24.7 Å². The van der Waals surface area contributed by atoms with Crippen LogP contribution in [0.3, 0.4) is 0 Å². The number of nitrogens with zero attached hydrogens (tertiary/aromatic N) is 2. The van der Waals surface area contributed by atoms with Crippen molar-refractivity contribution in [2.24, 2.45) is 46.2 Å². The summed E-state index contributed by atoms with van der Waals surface area (Å²) >= 11 is 0. The number of nitrogens with two attached hydrogens (primary N) is 6. The van der Waals surface area contributed by atoms with Crippen LogP contribution in [0, 0.1) is 11.8 Å². The number of hydrogen-bond donors (Lipinski definition) is 18. The Labute approximate surface area is 418 Å². The number of carbonyl (C=O) groups excluding carboxylic acids is 6. The first kappa shape index (κ1) is 64.1. The molecule has 0 aliphatic carbocycles. The number of amides is 6. The van der Waals surface area contributed by atoms with E-state index in [1.165, 1.54) is 12.5 Å². The smallest absolute Gasteiger partial charge is 0.326 e. The van der Waals surface area contributed by atoms with E-state index < -0.39 is 108 Å². The van der Waals surface area contributed by atoms with Gasteiger partial charge in [0.25, 0.3) is 5.91 Å². The van der Waals surface area contributed by atoms with Crippen LogP contribution >= 0.6 is 0 Å². The number of nitrogens with one attached hydrogen (secondary N) is 10. The quantitative estimate of drug-likeness (QED) is 0.0166. The Balaban J connectivity index is 3.48. The fourth-order valence-corrected chi connectivity index (χ4v) is 7.31. The van der Waals surface area contributed by atoms with Gasteiger partial charge < -0.3 is 86.6 Å². The van der Waals surface area contributed by atoms with Crippen LogP contribution in [0.4, 0.5) is 0 Å². The van der Waals surface area contributed by atoms with Gasteiger partial charge in [-0.3, -0.25) is 44.7 Å². The lowest BCUT2D eigenvalue weighted by Gasteiger charge is -2.29. The maximum absolute atomic E-state index is 14.4. The van der Waals surface area contributed by atoms with E-state index in [1.807, 2.05) is 35.0 Å².